The van der Waals surface area contributed by atoms with Crippen molar-refractivity contribution in [2.45, 2.75) is 30.9 Å². The third-order valence-electron chi connectivity index (χ3n) is 3.92. The molecular formula is C20H23NO5S. The standard InChI is InChI=1S/C20H23NO5S/c1-13-16(9-6-10-19(13)26-14(2)23)20(25)21-17(18(24)11-22)12-27-15-7-4-3-5-8-15/h3-10,17-18,22,24H,11-12H2,1-2H3,(H,21,25)/t17-,18+/m0/s1. The molecule has 0 aliphatic rings. The highest BCUT2D eigenvalue weighted by atomic mass is 32.2. The lowest BCUT2D eigenvalue weighted by Gasteiger charge is -2.23. The summed E-state index contributed by atoms with van der Waals surface area (Å²) in [6.07, 6.45) is -1.10. The average molecular weight is 389 g/mol. The molecule has 7 heteroatoms. The first-order valence-electron chi connectivity index (χ1n) is 8.48. The van der Waals surface area contributed by atoms with Gasteiger partial charge < -0.3 is 20.3 Å². The van der Waals surface area contributed by atoms with Gasteiger partial charge in [0.25, 0.3) is 5.91 Å². The highest BCUT2D eigenvalue weighted by Crippen LogP contribution is 2.23. The zero-order valence-corrected chi connectivity index (χ0v) is 16.0. The van der Waals surface area contributed by atoms with E-state index in [2.05, 4.69) is 5.32 Å². The lowest BCUT2D eigenvalue weighted by molar-refractivity contribution is -0.131. The zero-order valence-electron chi connectivity index (χ0n) is 15.2. The van der Waals surface area contributed by atoms with Crippen LogP contribution >= 0.6 is 11.8 Å². The lowest BCUT2D eigenvalue weighted by atomic mass is 10.1. The molecule has 6 nitrogen and oxygen atoms in total. The Labute approximate surface area is 162 Å². The van der Waals surface area contributed by atoms with Crippen LogP contribution in [-0.4, -0.2) is 46.6 Å². The minimum atomic E-state index is -1.10. The molecule has 0 unspecified atom stereocenters. The highest BCUT2D eigenvalue weighted by Gasteiger charge is 2.23. The van der Waals surface area contributed by atoms with E-state index in [0.29, 0.717) is 22.6 Å². The molecule has 144 valence electrons. The fourth-order valence-corrected chi connectivity index (χ4v) is 3.48. The molecule has 0 radical (unpaired) electrons. The molecule has 0 heterocycles. The van der Waals surface area contributed by atoms with Gasteiger partial charge in [-0.15, -0.1) is 11.8 Å². The number of carbonyl (C=O) groups is 2. The molecule has 0 saturated carbocycles. The fourth-order valence-electron chi connectivity index (χ4n) is 2.45. The van der Waals surface area contributed by atoms with Crippen LogP contribution in [0.25, 0.3) is 0 Å². The Kier molecular flexibility index (Phi) is 7.84. The summed E-state index contributed by atoms with van der Waals surface area (Å²) in [7, 11) is 0. The number of amides is 1. The van der Waals surface area contributed by atoms with Gasteiger partial charge >= 0.3 is 5.97 Å². The monoisotopic (exact) mass is 389 g/mol. The van der Waals surface area contributed by atoms with Crippen LogP contribution in [-0.2, 0) is 4.79 Å². The van der Waals surface area contributed by atoms with Crippen LogP contribution in [0.5, 0.6) is 5.75 Å². The van der Waals surface area contributed by atoms with Crippen molar-refractivity contribution in [1.29, 1.82) is 0 Å². The molecule has 0 aromatic heterocycles. The van der Waals surface area contributed by atoms with Gasteiger partial charge in [-0.1, -0.05) is 24.3 Å². The minimum absolute atomic E-state index is 0.313. The summed E-state index contributed by atoms with van der Waals surface area (Å²) in [5.74, 6) is -0.176. The molecule has 1 amide bonds. The SMILES string of the molecule is CC(=O)Oc1cccc(C(=O)N[C@@H](CSc2ccccc2)[C@H](O)CO)c1C. The summed E-state index contributed by atoms with van der Waals surface area (Å²) >= 11 is 1.47. The number of benzene rings is 2. The van der Waals surface area contributed by atoms with Crippen LogP contribution in [0.3, 0.4) is 0 Å². The Hall–Kier alpha value is -2.35. The Bertz CT molecular complexity index is 781. The molecule has 3 N–H and O–H groups in total. The number of thioether (sulfide) groups is 1. The summed E-state index contributed by atoms with van der Waals surface area (Å²) < 4.78 is 5.10. The number of nitrogens with one attached hydrogen (secondary N) is 1. The maximum Gasteiger partial charge on any atom is 0.308 e. The molecule has 2 aromatic carbocycles. The van der Waals surface area contributed by atoms with Crippen LogP contribution in [0.15, 0.2) is 53.4 Å². The van der Waals surface area contributed by atoms with Crippen molar-refractivity contribution in [2.24, 2.45) is 0 Å². The maximum atomic E-state index is 12.7. The zero-order chi connectivity index (χ0) is 19.8. The number of esters is 1. The van der Waals surface area contributed by atoms with Gasteiger partial charge in [-0.05, 0) is 31.2 Å². The number of ether oxygens (including phenoxy) is 1. The summed E-state index contributed by atoms with van der Waals surface area (Å²) in [5.41, 5.74) is 0.867. The van der Waals surface area contributed by atoms with Gasteiger partial charge in [0.15, 0.2) is 0 Å². The number of aliphatic hydroxyl groups excluding tert-OH is 2. The summed E-state index contributed by atoms with van der Waals surface area (Å²) in [4.78, 5) is 24.9. The van der Waals surface area contributed by atoms with E-state index in [-0.39, 0.29) is 0 Å². The largest absolute Gasteiger partial charge is 0.426 e. The van der Waals surface area contributed by atoms with Crippen LogP contribution in [0, 0.1) is 6.92 Å². The predicted molar refractivity (Wildman–Crippen MR) is 104 cm³/mol. The molecule has 0 aliphatic heterocycles. The summed E-state index contributed by atoms with van der Waals surface area (Å²) in [5, 5.41) is 22.2. The number of hydrogen-bond acceptors (Lipinski definition) is 6. The normalized spacial score (nSPS) is 12.9. The van der Waals surface area contributed by atoms with E-state index in [1.807, 2.05) is 30.3 Å². The van der Waals surface area contributed by atoms with Gasteiger partial charge in [-0.3, -0.25) is 9.59 Å². The molecule has 2 atom stereocenters. The molecule has 2 rings (SSSR count). The summed E-state index contributed by atoms with van der Waals surface area (Å²) in [6.45, 7) is 2.51. The first-order chi connectivity index (χ1) is 12.9. The Morgan fingerprint density at radius 2 is 1.85 bits per heavy atom. The van der Waals surface area contributed by atoms with Crippen molar-refractivity contribution in [1.82, 2.24) is 5.32 Å². The van der Waals surface area contributed by atoms with Crippen molar-refractivity contribution < 1.29 is 24.5 Å². The Morgan fingerprint density at radius 3 is 2.48 bits per heavy atom. The van der Waals surface area contributed by atoms with Gasteiger partial charge in [0.05, 0.1) is 18.8 Å². The van der Waals surface area contributed by atoms with E-state index in [4.69, 9.17) is 4.74 Å². The molecule has 0 spiro atoms. The number of carbonyl (C=O) groups excluding carboxylic acids is 2. The van der Waals surface area contributed by atoms with Gasteiger partial charge in [0.2, 0.25) is 0 Å². The van der Waals surface area contributed by atoms with Crippen LogP contribution in [0.1, 0.15) is 22.8 Å². The highest BCUT2D eigenvalue weighted by molar-refractivity contribution is 7.99. The van der Waals surface area contributed by atoms with Gasteiger partial charge in [0.1, 0.15) is 5.75 Å². The van der Waals surface area contributed by atoms with E-state index < -0.39 is 30.6 Å². The topological polar surface area (TPSA) is 95.9 Å². The van der Waals surface area contributed by atoms with Gasteiger partial charge in [-0.25, -0.2) is 0 Å². The quantitative estimate of drug-likeness (QED) is 0.364. The van der Waals surface area contributed by atoms with Crippen molar-refractivity contribution in [3.8, 4) is 5.75 Å². The third kappa shape index (κ3) is 6.09. The maximum absolute atomic E-state index is 12.7. The smallest absolute Gasteiger partial charge is 0.308 e. The molecular weight excluding hydrogens is 366 g/mol. The molecule has 0 bridgehead atoms. The van der Waals surface area contributed by atoms with Crippen LogP contribution in [0.2, 0.25) is 0 Å². The second-order valence-corrected chi connectivity index (χ2v) is 7.07. The summed E-state index contributed by atoms with van der Waals surface area (Å²) in [6, 6.07) is 13.8. The van der Waals surface area contributed by atoms with E-state index in [1.165, 1.54) is 18.7 Å². The Morgan fingerprint density at radius 1 is 1.15 bits per heavy atom. The van der Waals surface area contributed by atoms with Gasteiger partial charge in [-0.2, -0.15) is 0 Å². The number of aliphatic hydroxyl groups is 2. The second-order valence-electron chi connectivity index (χ2n) is 5.98. The van der Waals surface area contributed by atoms with Crippen molar-refractivity contribution in [3.63, 3.8) is 0 Å². The van der Waals surface area contributed by atoms with Crippen LogP contribution in [0.4, 0.5) is 0 Å². The lowest BCUT2D eigenvalue weighted by Crippen LogP contribution is -2.46. The molecule has 0 saturated heterocycles. The van der Waals surface area contributed by atoms with Gasteiger partial charge in [0, 0.05) is 28.7 Å². The van der Waals surface area contributed by atoms with E-state index >= 15 is 0 Å². The fraction of sp³-hybridized carbons (Fsp3) is 0.300. The first kappa shape index (κ1) is 21.0. The van der Waals surface area contributed by atoms with E-state index in [1.54, 1.807) is 25.1 Å². The van der Waals surface area contributed by atoms with Crippen molar-refractivity contribution in [2.75, 3.05) is 12.4 Å². The van der Waals surface area contributed by atoms with Crippen molar-refractivity contribution >= 4 is 23.6 Å². The Balaban J connectivity index is 2.12. The van der Waals surface area contributed by atoms with Crippen molar-refractivity contribution in [3.05, 3.63) is 59.7 Å². The first-order valence-corrected chi connectivity index (χ1v) is 9.46. The average Bonchev–Trinajstić information content (AvgIpc) is 2.66. The minimum Gasteiger partial charge on any atom is -0.426 e. The molecule has 0 aliphatic carbocycles. The van der Waals surface area contributed by atoms with Crippen LogP contribution < -0.4 is 10.1 Å². The number of rotatable bonds is 8. The predicted octanol–water partition coefficient (Wildman–Crippen LogP) is 2.16. The molecule has 27 heavy (non-hydrogen) atoms. The number of hydrogen-bond donors (Lipinski definition) is 3. The third-order valence-corrected chi connectivity index (χ3v) is 5.05. The van der Waals surface area contributed by atoms with E-state index in [0.717, 1.165) is 4.90 Å². The second kappa shape index (κ2) is 10.1. The van der Waals surface area contributed by atoms with E-state index in [9.17, 15) is 19.8 Å². The molecule has 0 fully saturated rings. The molecule has 2 aromatic rings.